The standard InChI is InChI=1S/C15H18Cl2N2O2/c1-4-15(3)9-12(14(20)21-5-2)18-19(15)13-7-6-10(16)8-11(13)17/h6-8H,4-5,9H2,1-3H3. The van der Waals surface area contributed by atoms with E-state index in [1.54, 1.807) is 24.1 Å². The van der Waals surface area contributed by atoms with Crippen LogP contribution in [0.4, 0.5) is 5.69 Å². The van der Waals surface area contributed by atoms with Crippen LogP contribution in [0.15, 0.2) is 23.3 Å². The summed E-state index contributed by atoms with van der Waals surface area (Å²) >= 11 is 12.2. The largest absolute Gasteiger partial charge is 0.461 e. The number of esters is 1. The van der Waals surface area contributed by atoms with Crippen molar-refractivity contribution in [3.8, 4) is 0 Å². The molecule has 1 unspecified atom stereocenters. The first kappa shape index (κ1) is 16.1. The first-order valence-corrected chi connectivity index (χ1v) is 7.66. The third-order valence-corrected chi connectivity index (χ3v) is 4.23. The van der Waals surface area contributed by atoms with Crippen molar-refractivity contribution >= 4 is 40.6 Å². The number of ether oxygens (including phenoxy) is 1. The molecule has 0 fully saturated rings. The van der Waals surface area contributed by atoms with Gasteiger partial charge in [0.15, 0.2) is 0 Å². The first-order chi connectivity index (χ1) is 9.91. The summed E-state index contributed by atoms with van der Waals surface area (Å²) in [6, 6.07) is 5.25. The molecule has 1 aromatic carbocycles. The van der Waals surface area contributed by atoms with Crippen LogP contribution in [0.3, 0.4) is 0 Å². The maximum Gasteiger partial charge on any atom is 0.354 e. The van der Waals surface area contributed by atoms with Crippen molar-refractivity contribution in [3.05, 3.63) is 28.2 Å². The number of rotatable bonds is 4. The zero-order valence-corrected chi connectivity index (χ0v) is 13.8. The van der Waals surface area contributed by atoms with E-state index >= 15 is 0 Å². The number of benzene rings is 1. The van der Waals surface area contributed by atoms with E-state index < -0.39 is 0 Å². The Hall–Kier alpha value is -1.26. The summed E-state index contributed by atoms with van der Waals surface area (Å²) in [5.41, 5.74) is 0.858. The van der Waals surface area contributed by atoms with Crippen LogP contribution in [-0.4, -0.2) is 23.8 Å². The van der Waals surface area contributed by atoms with Crippen molar-refractivity contribution < 1.29 is 9.53 Å². The van der Waals surface area contributed by atoms with Gasteiger partial charge in [-0.2, -0.15) is 5.10 Å². The molecule has 1 aliphatic rings. The molecule has 0 saturated heterocycles. The van der Waals surface area contributed by atoms with Gasteiger partial charge in [0.05, 0.1) is 22.9 Å². The molecule has 1 aromatic rings. The predicted molar refractivity (Wildman–Crippen MR) is 86.3 cm³/mol. The van der Waals surface area contributed by atoms with E-state index in [1.807, 2.05) is 13.0 Å². The van der Waals surface area contributed by atoms with Gasteiger partial charge in [0, 0.05) is 11.4 Å². The van der Waals surface area contributed by atoms with Crippen LogP contribution in [0, 0.1) is 0 Å². The Morgan fingerprint density at radius 1 is 1.43 bits per heavy atom. The average Bonchev–Trinajstić information content (AvgIpc) is 2.78. The van der Waals surface area contributed by atoms with Gasteiger partial charge < -0.3 is 4.74 Å². The second-order valence-electron chi connectivity index (χ2n) is 5.20. The molecule has 4 nitrogen and oxygen atoms in total. The minimum atomic E-state index is -0.371. The number of carbonyl (C=O) groups excluding carboxylic acids is 1. The van der Waals surface area contributed by atoms with Gasteiger partial charge in [-0.25, -0.2) is 4.79 Å². The van der Waals surface area contributed by atoms with E-state index in [0.717, 1.165) is 12.1 Å². The van der Waals surface area contributed by atoms with Crippen molar-refractivity contribution in [3.63, 3.8) is 0 Å². The molecule has 114 valence electrons. The molecule has 0 aliphatic carbocycles. The van der Waals surface area contributed by atoms with Crippen LogP contribution >= 0.6 is 23.2 Å². The van der Waals surface area contributed by atoms with Gasteiger partial charge in [-0.1, -0.05) is 30.1 Å². The van der Waals surface area contributed by atoms with Crippen LogP contribution in [0.2, 0.25) is 10.0 Å². The molecule has 0 bridgehead atoms. The quantitative estimate of drug-likeness (QED) is 0.774. The second-order valence-corrected chi connectivity index (χ2v) is 6.05. The third-order valence-electron chi connectivity index (χ3n) is 3.69. The number of halogens is 2. The molecule has 1 heterocycles. The van der Waals surface area contributed by atoms with E-state index in [1.165, 1.54) is 0 Å². The highest BCUT2D eigenvalue weighted by Crippen LogP contribution is 2.39. The minimum absolute atomic E-state index is 0.306. The summed E-state index contributed by atoms with van der Waals surface area (Å²) < 4.78 is 5.05. The molecule has 0 radical (unpaired) electrons. The summed E-state index contributed by atoms with van der Waals surface area (Å²) in [5.74, 6) is -0.371. The van der Waals surface area contributed by atoms with Crippen molar-refractivity contribution in [1.82, 2.24) is 0 Å². The van der Waals surface area contributed by atoms with E-state index in [2.05, 4.69) is 12.0 Å². The summed E-state index contributed by atoms with van der Waals surface area (Å²) in [7, 11) is 0. The van der Waals surface area contributed by atoms with E-state index in [4.69, 9.17) is 27.9 Å². The molecule has 21 heavy (non-hydrogen) atoms. The Labute approximate surface area is 134 Å². The predicted octanol–water partition coefficient (Wildman–Crippen LogP) is 4.29. The van der Waals surface area contributed by atoms with Gasteiger partial charge in [0.25, 0.3) is 0 Å². The summed E-state index contributed by atoms with van der Waals surface area (Å²) in [6.45, 7) is 6.22. The highest BCUT2D eigenvalue weighted by molar-refractivity contribution is 6.38. The van der Waals surface area contributed by atoms with Gasteiger partial charge >= 0.3 is 5.97 Å². The lowest BCUT2D eigenvalue weighted by atomic mass is 9.92. The lowest BCUT2D eigenvalue weighted by Gasteiger charge is -2.33. The fourth-order valence-electron chi connectivity index (χ4n) is 2.31. The van der Waals surface area contributed by atoms with Crippen molar-refractivity contribution in [1.29, 1.82) is 0 Å². The number of hydrogen-bond donors (Lipinski definition) is 0. The Kier molecular flexibility index (Phi) is 4.79. The van der Waals surface area contributed by atoms with Gasteiger partial charge in [-0.15, -0.1) is 0 Å². The Balaban J connectivity index is 2.40. The van der Waals surface area contributed by atoms with Gasteiger partial charge in [0.1, 0.15) is 5.71 Å². The second kappa shape index (κ2) is 6.24. The zero-order valence-electron chi connectivity index (χ0n) is 12.3. The molecule has 6 heteroatoms. The molecule has 1 atom stereocenters. The normalized spacial score (nSPS) is 21.4. The monoisotopic (exact) mass is 328 g/mol. The van der Waals surface area contributed by atoms with Crippen LogP contribution in [0.5, 0.6) is 0 Å². The number of nitrogens with zero attached hydrogens (tertiary/aromatic N) is 2. The van der Waals surface area contributed by atoms with Crippen LogP contribution in [0.1, 0.15) is 33.6 Å². The smallest absolute Gasteiger partial charge is 0.354 e. The molecule has 0 saturated carbocycles. The fourth-order valence-corrected chi connectivity index (χ4v) is 2.80. The molecule has 0 spiro atoms. The van der Waals surface area contributed by atoms with Gasteiger partial charge in [-0.05, 0) is 38.5 Å². The molecule has 2 rings (SSSR count). The summed E-state index contributed by atoms with van der Waals surface area (Å²) in [4.78, 5) is 11.9. The van der Waals surface area contributed by atoms with Crippen molar-refractivity contribution in [2.24, 2.45) is 5.10 Å². The Morgan fingerprint density at radius 3 is 2.71 bits per heavy atom. The maximum absolute atomic E-state index is 11.9. The number of hydrazone groups is 1. The molecule has 0 amide bonds. The highest BCUT2D eigenvalue weighted by Gasteiger charge is 2.41. The van der Waals surface area contributed by atoms with Gasteiger partial charge in [-0.3, -0.25) is 5.01 Å². The Morgan fingerprint density at radius 2 is 2.14 bits per heavy atom. The Bertz CT molecular complexity index is 589. The van der Waals surface area contributed by atoms with Crippen molar-refractivity contribution in [2.75, 3.05) is 11.6 Å². The lowest BCUT2D eigenvalue weighted by Crippen LogP contribution is -2.39. The number of anilines is 1. The number of carbonyl (C=O) groups is 1. The molecular formula is C15H18Cl2N2O2. The topological polar surface area (TPSA) is 41.9 Å². The summed E-state index contributed by atoms with van der Waals surface area (Å²) in [6.07, 6.45) is 1.35. The van der Waals surface area contributed by atoms with E-state index in [0.29, 0.717) is 28.8 Å². The number of hydrogen-bond acceptors (Lipinski definition) is 4. The average molecular weight is 329 g/mol. The van der Waals surface area contributed by atoms with E-state index in [-0.39, 0.29) is 11.5 Å². The molecule has 0 N–H and O–H groups in total. The lowest BCUT2D eigenvalue weighted by molar-refractivity contribution is -0.135. The molecular weight excluding hydrogens is 311 g/mol. The first-order valence-electron chi connectivity index (χ1n) is 6.91. The van der Waals surface area contributed by atoms with Crippen LogP contribution in [-0.2, 0) is 9.53 Å². The molecule has 0 aromatic heterocycles. The zero-order chi connectivity index (χ0) is 15.6. The molecule has 1 aliphatic heterocycles. The minimum Gasteiger partial charge on any atom is -0.461 e. The van der Waals surface area contributed by atoms with Crippen LogP contribution < -0.4 is 5.01 Å². The highest BCUT2D eigenvalue weighted by atomic mass is 35.5. The van der Waals surface area contributed by atoms with Crippen molar-refractivity contribution in [2.45, 2.75) is 39.2 Å². The van der Waals surface area contributed by atoms with E-state index in [9.17, 15) is 4.79 Å². The maximum atomic E-state index is 11.9. The van der Waals surface area contributed by atoms with Crippen LogP contribution in [0.25, 0.3) is 0 Å². The SMILES string of the molecule is CCOC(=O)C1=NN(c2ccc(Cl)cc2Cl)C(C)(CC)C1. The van der Waals surface area contributed by atoms with Gasteiger partial charge in [0.2, 0.25) is 0 Å². The summed E-state index contributed by atoms with van der Waals surface area (Å²) in [5, 5.41) is 7.32. The fraction of sp³-hybridized carbons (Fsp3) is 0.467. The third kappa shape index (κ3) is 3.16.